The van der Waals surface area contributed by atoms with Gasteiger partial charge in [0.1, 0.15) is 0 Å². The molecule has 0 aliphatic heterocycles. The highest BCUT2D eigenvalue weighted by Gasteiger charge is 2.02. The summed E-state index contributed by atoms with van der Waals surface area (Å²) >= 11 is 1.60. The third kappa shape index (κ3) is 5.02. The summed E-state index contributed by atoms with van der Waals surface area (Å²) in [6, 6.07) is 9.77. The summed E-state index contributed by atoms with van der Waals surface area (Å²) in [6.07, 6.45) is 2.40. The SMILES string of the molecule is NC(CCO)c1ccccc1.c1cscn1. The fourth-order valence-corrected chi connectivity index (χ4v) is 1.53. The molecule has 1 atom stereocenters. The lowest BCUT2D eigenvalue weighted by molar-refractivity contribution is 0.276. The zero-order chi connectivity index (χ0) is 11.6. The minimum atomic E-state index is -0.0267. The Hall–Kier alpha value is -1.23. The number of hydrogen-bond donors (Lipinski definition) is 2. The predicted molar refractivity (Wildman–Crippen MR) is 67.2 cm³/mol. The molecule has 2 aromatic rings. The molecule has 0 aliphatic carbocycles. The second-order valence-corrected chi connectivity index (χ2v) is 3.96. The minimum absolute atomic E-state index is 0.0267. The van der Waals surface area contributed by atoms with E-state index in [1.807, 2.05) is 35.7 Å². The summed E-state index contributed by atoms with van der Waals surface area (Å²) in [5, 5.41) is 10.5. The summed E-state index contributed by atoms with van der Waals surface area (Å²) < 4.78 is 0. The molecule has 1 heterocycles. The molecule has 0 saturated heterocycles. The average molecular weight is 236 g/mol. The number of aliphatic hydroxyl groups is 1. The molecule has 1 aromatic carbocycles. The molecule has 0 radical (unpaired) electrons. The first-order valence-corrected chi connectivity index (χ1v) is 6.02. The monoisotopic (exact) mass is 236 g/mol. The summed E-state index contributed by atoms with van der Waals surface area (Å²) in [4.78, 5) is 3.74. The molecule has 1 unspecified atom stereocenters. The lowest BCUT2D eigenvalue weighted by Gasteiger charge is -2.08. The Kier molecular flexibility index (Phi) is 6.41. The van der Waals surface area contributed by atoms with Crippen LogP contribution in [0.5, 0.6) is 0 Å². The van der Waals surface area contributed by atoms with E-state index in [-0.39, 0.29) is 12.6 Å². The maximum atomic E-state index is 8.62. The number of aromatic nitrogens is 1. The second kappa shape index (κ2) is 7.98. The number of hydrogen-bond acceptors (Lipinski definition) is 4. The van der Waals surface area contributed by atoms with Gasteiger partial charge in [0.25, 0.3) is 0 Å². The van der Waals surface area contributed by atoms with Gasteiger partial charge >= 0.3 is 0 Å². The van der Waals surface area contributed by atoms with E-state index in [4.69, 9.17) is 10.8 Å². The zero-order valence-corrected chi connectivity index (χ0v) is 9.81. The van der Waals surface area contributed by atoms with Crippen LogP contribution in [-0.4, -0.2) is 16.7 Å². The van der Waals surface area contributed by atoms with Crippen molar-refractivity contribution in [2.45, 2.75) is 12.5 Å². The van der Waals surface area contributed by atoms with Crippen molar-refractivity contribution in [1.82, 2.24) is 4.98 Å². The van der Waals surface area contributed by atoms with Crippen molar-refractivity contribution in [3.05, 3.63) is 53.0 Å². The first-order chi connectivity index (χ1) is 7.84. The maximum absolute atomic E-state index is 8.62. The van der Waals surface area contributed by atoms with Crippen molar-refractivity contribution in [2.75, 3.05) is 6.61 Å². The molecule has 0 aliphatic rings. The standard InChI is InChI=1S/C9H13NO.C3H3NS/c10-9(6-7-11)8-4-2-1-3-5-8;1-2-5-3-4-1/h1-5,9,11H,6-7,10H2;1-3H. The fraction of sp³-hybridized carbons (Fsp3) is 0.250. The number of benzene rings is 1. The molecule has 2 rings (SSSR count). The second-order valence-electron chi connectivity index (χ2n) is 3.21. The van der Waals surface area contributed by atoms with Crippen LogP contribution < -0.4 is 5.73 Å². The highest BCUT2D eigenvalue weighted by Crippen LogP contribution is 2.11. The van der Waals surface area contributed by atoms with Gasteiger partial charge in [0.2, 0.25) is 0 Å². The van der Waals surface area contributed by atoms with Crippen LogP contribution in [0.1, 0.15) is 18.0 Å². The lowest BCUT2D eigenvalue weighted by atomic mass is 10.1. The highest BCUT2D eigenvalue weighted by molar-refractivity contribution is 7.07. The molecular weight excluding hydrogens is 220 g/mol. The van der Waals surface area contributed by atoms with E-state index in [0.29, 0.717) is 6.42 Å². The topological polar surface area (TPSA) is 59.1 Å². The van der Waals surface area contributed by atoms with Crippen LogP contribution in [0.3, 0.4) is 0 Å². The van der Waals surface area contributed by atoms with E-state index in [0.717, 1.165) is 5.56 Å². The normalized spacial score (nSPS) is 11.4. The molecule has 3 nitrogen and oxygen atoms in total. The Bertz CT molecular complexity index is 333. The zero-order valence-electron chi connectivity index (χ0n) is 8.99. The van der Waals surface area contributed by atoms with E-state index in [1.54, 1.807) is 23.0 Å². The Labute approximate surface area is 99.6 Å². The van der Waals surface area contributed by atoms with Gasteiger partial charge in [-0.15, -0.1) is 11.3 Å². The number of nitrogens with two attached hydrogens (primary N) is 1. The van der Waals surface area contributed by atoms with Gasteiger partial charge in [-0.1, -0.05) is 30.3 Å². The van der Waals surface area contributed by atoms with Crippen molar-refractivity contribution in [2.24, 2.45) is 5.73 Å². The molecule has 0 spiro atoms. The molecule has 0 saturated carbocycles. The minimum Gasteiger partial charge on any atom is -0.396 e. The molecule has 1 aromatic heterocycles. The van der Waals surface area contributed by atoms with Gasteiger partial charge in [-0.3, -0.25) is 4.98 Å². The summed E-state index contributed by atoms with van der Waals surface area (Å²) in [7, 11) is 0. The third-order valence-electron chi connectivity index (χ3n) is 2.02. The Morgan fingerprint density at radius 3 is 2.50 bits per heavy atom. The van der Waals surface area contributed by atoms with Gasteiger partial charge in [-0.05, 0) is 12.0 Å². The van der Waals surface area contributed by atoms with Gasteiger partial charge in [-0.2, -0.15) is 0 Å². The number of thiazole rings is 1. The smallest absolute Gasteiger partial charge is 0.0791 e. The summed E-state index contributed by atoms with van der Waals surface area (Å²) in [6.45, 7) is 0.149. The summed E-state index contributed by atoms with van der Waals surface area (Å²) in [5.41, 5.74) is 8.62. The van der Waals surface area contributed by atoms with E-state index >= 15 is 0 Å². The van der Waals surface area contributed by atoms with Crippen molar-refractivity contribution in [3.63, 3.8) is 0 Å². The van der Waals surface area contributed by atoms with E-state index in [9.17, 15) is 0 Å². The van der Waals surface area contributed by atoms with Crippen molar-refractivity contribution in [3.8, 4) is 0 Å². The van der Waals surface area contributed by atoms with Gasteiger partial charge in [0.05, 0.1) is 5.51 Å². The lowest BCUT2D eigenvalue weighted by Crippen LogP contribution is -2.11. The quantitative estimate of drug-likeness (QED) is 0.859. The van der Waals surface area contributed by atoms with Crippen LogP contribution in [0.15, 0.2) is 47.4 Å². The molecular formula is C12H16N2OS. The van der Waals surface area contributed by atoms with Gasteiger partial charge in [0, 0.05) is 24.2 Å². The molecule has 86 valence electrons. The van der Waals surface area contributed by atoms with Crippen LogP contribution in [0.2, 0.25) is 0 Å². The first-order valence-electron chi connectivity index (χ1n) is 5.08. The average Bonchev–Trinajstić information content (AvgIpc) is 2.89. The van der Waals surface area contributed by atoms with Crippen molar-refractivity contribution in [1.29, 1.82) is 0 Å². The third-order valence-corrected chi connectivity index (χ3v) is 2.54. The first kappa shape index (κ1) is 12.8. The van der Waals surface area contributed by atoms with E-state index < -0.39 is 0 Å². The Morgan fingerprint density at radius 2 is 2.06 bits per heavy atom. The molecule has 0 bridgehead atoms. The molecule has 16 heavy (non-hydrogen) atoms. The van der Waals surface area contributed by atoms with Crippen LogP contribution in [-0.2, 0) is 0 Å². The largest absolute Gasteiger partial charge is 0.396 e. The maximum Gasteiger partial charge on any atom is 0.0791 e. The number of rotatable bonds is 3. The van der Waals surface area contributed by atoms with Crippen LogP contribution in [0.4, 0.5) is 0 Å². The fourth-order valence-electron chi connectivity index (χ4n) is 1.18. The molecule has 0 amide bonds. The summed E-state index contributed by atoms with van der Waals surface area (Å²) in [5.74, 6) is 0. The van der Waals surface area contributed by atoms with Gasteiger partial charge < -0.3 is 10.8 Å². The number of nitrogens with zero attached hydrogens (tertiary/aromatic N) is 1. The van der Waals surface area contributed by atoms with Gasteiger partial charge in [0.15, 0.2) is 0 Å². The van der Waals surface area contributed by atoms with Crippen LogP contribution in [0, 0.1) is 0 Å². The number of aliphatic hydroxyl groups excluding tert-OH is 1. The van der Waals surface area contributed by atoms with Crippen LogP contribution >= 0.6 is 11.3 Å². The van der Waals surface area contributed by atoms with Crippen molar-refractivity contribution >= 4 is 11.3 Å². The van der Waals surface area contributed by atoms with Gasteiger partial charge in [-0.25, -0.2) is 0 Å². The molecule has 4 heteroatoms. The predicted octanol–water partition coefficient (Wildman–Crippen LogP) is 2.21. The molecule has 3 N–H and O–H groups in total. The molecule has 0 fully saturated rings. The van der Waals surface area contributed by atoms with E-state index in [2.05, 4.69) is 4.98 Å². The Morgan fingerprint density at radius 1 is 1.31 bits per heavy atom. The Balaban J connectivity index is 0.000000212. The highest BCUT2D eigenvalue weighted by atomic mass is 32.1. The van der Waals surface area contributed by atoms with Crippen LogP contribution in [0.25, 0.3) is 0 Å². The van der Waals surface area contributed by atoms with E-state index in [1.165, 1.54) is 0 Å². The van der Waals surface area contributed by atoms with Crippen molar-refractivity contribution < 1.29 is 5.11 Å².